The number of carbonyl (C=O) groups is 1. The van der Waals surface area contributed by atoms with E-state index >= 15 is 0 Å². The van der Waals surface area contributed by atoms with Gasteiger partial charge in [-0.2, -0.15) is 0 Å². The molecule has 0 saturated heterocycles. The van der Waals surface area contributed by atoms with Crippen LogP contribution in [0.1, 0.15) is 12.1 Å². The minimum atomic E-state index is -0.439. The molecule has 2 heterocycles. The number of rotatable bonds is 5. The second kappa shape index (κ2) is 7.41. The summed E-state index contributed by atoms with van der Waals surface area (Å²) in [7, 11) is 0. The molecule has 4 nitrogen and oxygen atoms in total. The SMILES string of the molecule is O=C(CCc1c(-c2ccccc2)nc2ccccn12)Nc1ccccc1F. The summed E-state index contributed by atoms with van der Waals surface area (Å²) in [5.41, 5.74) is 3.86. The van der Waals surface area contributed by atoms with Gasteiger partial charge in [0.15, 0.2) is 0 Å². The smallest absolute Gasteiger partial charge is 0.224 e. The van der Waals surface area contributed by atoms with E-state index in [1.807, 2.05) is 59.1 Å². The molecule has 0 unspecified atom stereocenters. The maximum Gasteiger partial charge on any atom is 0.224 e. The summed E-state index contributed by atoms with van der Waals surface area (Å²) in [6.45, 7) is 0. The summed E-state index contributed by atoms with van der Waals surface area (Å²) in [5.74, 6) is -0.671. The number of fused-ring (bicyclic) bond motifs is 1. The number of pyridine rings is 1. The number of hydrogen-bond donors (Lipinski definition) is 1. The Hall–Kier alpha value is -3.47. The van der Waals surface area contributed by atoms with E-state index < -0.39 is 5.82 Å². The van der Waals surface area contributed by atoms with Crippen LogP contribution >= 0.6 is 0 Å². The van der Waals surface area contributed by atoms with Crippen molar-refractivity contribution in [3.8, 4) is 11.3 Å². The van der Waals surface area contributed by atoms with Crippen LogP contribution in [0.25, 0.3) is 16.9 Å². The van der Waals surface area contributed by atoms with Gasteiger partial charge in [0.1, 0.15) is 11.5 Å². The molecular weight excluding hydrogens is 341 g/mol. The van der Waals surface area contributed by atoms with Crippen molar-refractivity contribution in [3.05, 3.63) is 90.5 Å². The topological polar surface area (TPSA) is 46.4 Å². The predicted octanol–water partition coefficient (Wildman–Crippen LogP) is 4.71. The van der Waals surface area contributed by atoms with Gasteiger partial charge in [0.05, 0.1) is 17.1 Å². The second-order valence-corrected chi connectivity index (χ2v) is 6.23. The fourth-order valence-corrected chi connectivity index (χ4v) is 3.12. The van der Waals surface area contributed by atoms with Crippen LogP contribution in [0, 0.1) is 5.82 Å². The minimum absolute atomic E-state index is 0.198. The Balaban J connectivity index is 1.60. The standard InChI is InChI=1S/C22H18FN3O/c23-17-10-4-5-11-18(17)24-21(27)14-13-19-22(16-8-2-1-3-9-16)25-20-12-6-7-15-26(19)20/h1-12,15H,13-14H2,(H,24,27). The quantitative estimate of drug-likeness (QED) is 0.561. The average molecular weight is 359 g/mol. The highest BCUT2D eigenvalue weighted by Crippen LogP contribution is 2.25. The van der Waals surface area contributed by atoms with E-state index in [0.29, 0.717) is 6.42 Å². The number of aryl methyl sites for hydroxylation is 1. The van der Waals surface area contributed by atoms with E-state index in [1.54, 1.807) is 18.2 Å². The highest BCUT2D eigenvalue weighted by Gasteiger charge is 2.15. The number of benzene rings is 2. The molecule has 0 radical (unpaired) electrons. The minimum Gasteiger partial charge on any atom is -0.324 e. The van der Waals surface area contributed by atoms with E-state index in [2.05, 4.69) is 5.32 Å². The molecule has 0 aliphatic rings. The van der Waals surface area contributed by atoms with Crippen molar-refractivity contribution in [2.45, 2.75) is 12.8 Å². The zero-order chi connectivity index (χ0) is 18.6. The molecule has 2 aromatic heterocycles. The van der Waals surface area contributed by atoms with Crippen LogP contribution in [0.5, 0.6) is 0 Å². The molecular formula is C22H18FN3O. The molecule has 0 aliphatic carbocycles. The van der Waals surface area contributed by atoms with Gasteiger partial charge in [-0.05, 0) is 30.7 Å². The number of imidazole rings is 1. The van der Waals surface area contributed by atoms with Crippen molar-refractivity contribution in [1.29, 1.82) is 0 Å². The number of nitrogens with one attached hydrogen (secondary N) is 1. The first-order valence-electron chi connectivity index (χ1n) is 8.78. The molecule has 2 aromatic carbocycles. The lowest BCUT2D eigenvalue weighted by Crippen LogP contribution is -2.14. The van der Waals surface area contributed by atoms with Crippen LogP contribution in [-0.4, -0.2) is 15.3 Å². The van der Waals surface area contributed by atoms with Crippen molar-refractivity contribution >= 4 is 17.2 Å². The predicted molar refractivity (Wildman–Crippen MR) is 104 cm³/mol. The molecule has 0 spiro atoms. The van der Waals surface area contributed by atoms with Gasteiger partial charge in [-0.3, -0.25) is 4.79 Å². The van der Waals surface area contributed by atoms with E-state index in [1.165, 1.54) is 6.07 Å². The number of hydrogen-bond acceptors (Lipinski definition) is 2. The summed E-state index contributed by atoms with van der Waals surface area (Å²) < 4.78 is 15.7. The van der Waals surface area contributed by atoms with Gasteiger partial charge in [0, 0.05) is 18.2 Å². The van der Waals surface area contributed by atoms with E-state index in [0.717, 1.165) is 22.6 Å². The molecule has 1 amide bonds. The average Bonchev–Trinajstić information content (AvgIpc) is 3.07. The van der Waals surface area contributed by atoms with Crippen LogP contribution < -0.4 is 5.32 Å². The van der Waals surface area contributed by atoms with Crippen molar-refractivity contribution in [3.63, 3.8) is 0 Å². The molecule has 134 valence electrons. The van der Waals surface area contributed by atoms with Gasteiger partial charge in [-0.25, -0.2) is 9.37 Å². The van der Waals surface area contributed by atoms with Gasteiger partial charge in [-0.15, -0.1) is 0 Å². The van der Waals surface area contributed by atoms with Crippen molar-refractivity contribution in [1.82, 2.24) is 9.38 Å². The largest absolute Gasteiger partial charge is 0.324 e. The summed E-state index contributed by atoms with van der Waals surface area (Å²) in [5, 5.41) is 2.64. The highest BCUT2D eigenvalue weighted by molar-refractivity contribution is 5.91. The Bertz CT molecular complexity index is 1090. The molecule has 4 rings (SSSR count). The van der Waals surface area contributed by atoms with Crippen molar-refractivity contribution in [2.75, 3.05) is 5.32 Å². The first-order valence-corrected chi connectivity index (χ1v) is 8.78. The summed E-state index contributed by atoms with van der Waals surface area (Å²) in [4.78, 5) is 17.1. The van der Waals surface area contributed by atoms with E-state index in [4.69, 9.17) is 4.98 Å². The van der Waals surface area contributed by atoms with Crippen LogP contribution in [0.15, 0.2) is 79.0 Å². The maximum absolute atomic E-state index is 13.7. The third-order valence-corrected chi connectivity index (χ3v) is 4.41. The Labute approximate surface area is 156 Å². The Morgan fingerprint density at radius 2 is 1.70 bits per heavy atom. The third-order valence-electron chi connectivity index (χ3n) is 4.41. The maximum atomic E-state index is 13.7. The summed E-state index contributed by atoms with van der Waals surface area (Å²) >= 11 is 0. The monoisotopic (exact) mass is 359 g/mol. The second-order valence-electron chi connectivity index (χ2n) is 6.23. The van der Waals surface area contributed by atoms with Gasteiger partial charge in [0.25, 0.3) is 0 Å². The number of halogens is 1. The van der Waals surface area contributed by atoms with Crippen molar-refractivity contribution in [2.24, 2.45) is 0 Å². The summed E-state index contributed by atoms with van der Waals surface area (Å²) in [6, 6.07) is 21.9. The lowest BCUT2D eigenvalue weighted by atomic mass is 10.1. The molecule has 4 aromatic rings. The molecule has 1 N–H and O–H groups in total. The van der Waals surface area contributed by atoms with Crippen LogP contribution in [0.3, 0.4) is 0 Å². The fourth-order valence-electron chi connectivity index (χ4n) is 3.12. The normalized spacial score (nSPS) is 10.9. The van der Waals surface area contributed by atoms with Gasteiger partial charge in [-0.1, -0.05) is 48.5 Å². The van der Waals surface area contributed by atoms with Crippen LogP contribution in [0.4, 0.5) is 10.1 Å². The molecule has 27 heavy (non-hydrogen) atoms. The van der Waals surface area contributed by atoms with Crippen LogP contribution in [0.2, 0.25) is 0 Å². The number of aromatic nitrogens is 2. The number of para-hydroxylation sites is 1. The lowest BCUT2D eigenvalue weighted by molar-refractivity contribution is -0.116. The zero-order valence-electron chi connectivity index (χ0n) is 14.6. The Morgan fingerprint density at radius 1 is 0.963 bits per heavy atom. The number of anilines is 1. The lowest BCUT2D eigenvalue weighted by Gasteiger charge is -2.08. The zero-order valence-corrected chi connectivity index (χ0v) is 14.6. The Morgan fingerprint density at radius 3 is 2.52 bits per heavy atom. The summed E-state index contributed by atoms with van der Waals surface area (Å²) in [6.07, 6.45) is 2.67. The number of amides is 1. The first kappa shape index (κ1) is 17.0. The Kier molecular flexibility index (Phi) is 4.66. The highest BCUT2D eigenvalue weighted by atomic mass is 19.1. The molecule has 5 heteroatoms. The molecule has 0 bridgehead atoms. The van der Waals surface area contributed by atoms with Gasteiger partial charge >= 0.3 is 0 Å². The number of nitrogens with zero attached hydrogens (tertiary/aromatic N) is 2. The molecule has 0 saturated carbocycles. The fraction of sp³-hybridized carbons (Fsp3) is 0.0909. The molecule has 0 aliphatic heterocycles. The van der Waals surface area contributed by atoms with E-state index in [-0.39, 0.29) is 18.0 Å². The van der Waals surface area contributed by atoms with E-state index in [9.17, 15) is 9.18 Å². The van der Waals surface area contributed by atoms with Gasteiger partial charge < -0.3 is 9.72 Å². The van der Waals surface area contributed by atoms with Crippen LogP contribution in [-0.2, 0) is 11.2 Å². The molecule has 0 atom stereocenters. The van der Waals surface area contributed by atoms with Crippen molar-refractivity contribution < 1.29 is 9.18 Å². The first-order chi connectivity index (χ1) is 13.2. The van der Waals surface area contributed by atoms with Gasteiger partial charge in [0.2, 0.25) is 5.91 Å². The molecule has 0 fully saturated rings. The number of carbonyl (C=O) groups excluding carboxylic acids is 1. The third kappa shape index (κ3) is 3.58.